The van der Waals surface area contributed by atoms with E-state index in [0.29, 0.717) is 13.0 Å². The molecule has 1 saturated heterocycles. The lowest BCUT2D eigenvalue weighted by molar-refractivity contribution is -0.133. The number of carbonyl (C=O) groups excluding carboxylic acids is 2. The molecule has 1 aliphatic heterocycles. The van der Waals surface area contributed by atoms with E-state index in [2.05, 4.69) is 5.32 Å². The molecule has 0 aromatic carbocycles. The van der Waals surface area contributed by atoms with Crippen LogP contribution in [0.5, 0.6) is 0 Å². The zero-order valence-electron chi connectivity index (χ0n) is 8.29. The van der Waals surface area contributed by atoms with E-state index in [1.807, 2.05) is 0 Å². The highest BCUT2D eigenvalue weighted by Gasteiger charge is 2.26. The number of ether oxygens (including phenoxy) is 1. The van der Waals surface area contributed by atoms with Gasteiger partial charge in [0.05, 0.1) is 0 Å². The van der Waals surface area contributed by atoms with Crippen LogP contribution in [0.3, 0.4) is 0 Å². The molecular weight excluding hydrogens is 184 g/mol. The average Bonchev–Trinajstić information content (AvgIpc) is 2.65. The highest BCUT2D eigenvalue weighted by molar-refractivity contribution is 5.88. The van der Waals surface area contributed by atoms with Gasteiger partial charge in [-0.2, -0.15) is 0 Å². The molecule has 0 radical (unpaired) electrons. The van der Waals surface area contributed by atoms with Gasteiger partial charge in [-0.1, -0.05) is 6.92 Å². The Morgan fingerprint density at radius 3 is 2.79 bits per heavy atom. The van der Waals surface area contributed by atoms with Crippen molar-refractivity contribution in [2.75, 3.05) is 6.61 Å². The van der Waals surface area contributed by atoms with Gasteiger partial charge in [-0.15, -0.1) is 0 Å². The van der Waals surface area contributed by atoms with E-state index in [-0.39, 0.29) is 5.91 Å². The summed E-state index contributed by atoms with van der Waals surface area (Å²) in [6.07, 6.45) is 1.73. The van der Waals surface area contributed by atoms with Gasteiger partial charge in [-0.25, -0.2) is 0 Å². The van der Waals surface area contributed by atoms with Crippen LogP contribution in [0.25, 0.3) is 0 Å². The van der Waals surface area contributed by atoms with Crippen LogP contribution in [-0.2, 0) is 14.3 Å². The summed E-state index contributed by atoms with van der Waals surface area (Å²) in [5.74, 6) is -0.730. The van der Waals surface area contributed by atoms with Crippen molar-refractivity contribution in [1.82, 2.24) is 5.32 Å². The van der Waals surface area contributed by atoms with Crippen LogP contribution >= 0.6 is 0 Å². The molecule has 1 fully saturated rings. The summed E-state index contributed by atoms with van der Waals surface area (Å²) in [6.45, 7) is 2.41. The third-order valence-corrected chi connectivity index (χ3v) is 2.29. The highest BCUT2D eigenvalue weighted by atomic mass is 16.5. The monoisotopic (exact) mass is 200 g/mol. The molecule has 1 heterocycles. The SMILES string of the molecule is CC[C@@H](NC(=O)[C@H]1CCCO1)C(N)=O. The van der Waals surface area contributed by atoms with E-state index >= 15 is 0 Å². The number of primary amides is 1. The summed E-state index contributed by atoms with van der Waals surface area (Å²) in [6, 6.07) is -0.577. The molecule has 0 spiro atoms. The van der Waals surface area contributed by atoms with Crippen molar-refractivity contribution in [3.8, 4) is 0 Å². The van der Waals surface area contributed by atoms with Crippen molar-refractivity contribution >= 4 is 11.8 Å². The van der Waals surface area contributed by atoms with Crippen LogP contribution in [0.1, 0.15) is 26.2 Å². The van der Waals surface area contributed by atoms with Crippen molar-refractivity contribution in [3.05, 3.63) is 0 Å². The summed E-state index contributed by atoms with van der Waals surface area (Å²) < 4.78 is 5.18. The zero-order chi connectivity index (χ0) is 10.6. The quantitative estimate of drug-likeness (QED) is 0.644. The maximum atomic E-state index is 11.5. The lowest BCUT2D eigenvalue weighted by Gasteiger charge is -2.16. The molecule has 5 heteroatoms. The summed E-state index contributed by atoms with van der Waals surface area (Å²) in [4.78, 5) is 22.3. The molecule has 0 aromatic heterocycles. The smallest absolute Gasteiger partial charge is 0.249 e. The molecule has 14 heavy (non-hydrogen) atoms. The summed E-state index contributed by atoms with van der Waals surface area (Å²) in [7, 11) is 0. The van der Waals surface area contributed by atoms with Gasteiger partial charge < -0.3 is 15.8 Å². The predicted molar refractivity (Wildman–Crippen MR) is 50.4 cm³/mol. The number of nitrogens with one attached hydrogen (secondary N) is 1. The second-order valence-electron chi connectivity index (χ2n) is 3.37. The summed E-state index contributed by atoms with van der Waals surface area (Å²) >= 11 is 0. The number of hydrogen-bond acceptors (Lipinski definition) is 3. The third kappa shape index (κ3) is 2.70. The van der Waals surface area contributed by atoms with Crippen LogP contribution in [0, 0.1) is 0 Å². The van der Waals surface area contributed by atoms with Crippen LogP contribution < -0.4 is 11.1 Å². The molecule has 0 aromatic rings. The molecule has 5 nitrogen and oxygen atoms in total. The largest absolute Gasteiger partial charge is 0.368 e. The first-order chi connectivity index (χ1) is 6.65. The second kappa shape index (κ2) is 4.95. The normalized spacial score (nSPS) is 23.1. The van der Waals surface area contributed by atoms with Crippen LogP contribution in [0.15, 0.2) is 0 Å². The van der Waals surface area contributed by atoms with Gasteiger partial charge in [0.15, 0.2) is 0 Å². The fourth-order valence-electron chi connectivity index (χ4n) is 1.42. The molecule has 0 aliphatic carbocycles. The molecule has 3 N–H and O–H groups in total. The van der Waals surface area contributed by atoms with E-state index in [1.54, 1.807) is 6.92 Å². The molecule has 0 bridgehead atoms. The van der Waals surface area contributed by atoms with Gasteiger partial charge in [0, 0.05) is 6.61 Å². The zero-order valence-corrected chi connectivity index (χ0v) is 8.29. The first-order valence-electron chi connectivity index (χ1n) is 4.86. The van der Waals surface area contributed by atoms with Crippen molar-refractivity contribution in [2.24, 2.45) is 5.73 Å². The Kier molecular flexibility index (Phi) is 3.88. The van der Waals surface area contributed by atoms with Crippen LogP contribution in [0.2, 0.25) is 0 Å². The molecule has 2 atom stereocenters. The Hall–Kier alpha value is -1.10. The number of amides is 2. The average molecular weight is 200 g/mol. The molecule has 80 valence electrons. The van der Waals surface area contributed by atoms with E-state index in [0.717, 1.165) is 12.8 Å². The molecule has 1 rings (SSSR count). The Morgan fingerprint density at radius 1 is 1.64 bits per heavy atom. The fourth-order valence-corrected chi connectivity index (χ4v) is 1.42. The summed E-state index contributed by atoms with van der Waals surface area (Å²) in [5.41, 5.74) is 5.10. The Labute approximate surface area is 83.0 Å². The minimum absolute atomic E-state index is 0.229. The Balaban J connectivity index is 2.41. The van der Waals surface area contributed by atoms with Crippen molar-refractivity contribution in [1.29, 1.82) is 0 Å². The van der Waals surface area contributed by atoms with Crippen molar-refractivity contribution in [2.45, 2.75) is 38.3 Å². The number of nitrogens with two attached hydrogens (primary N) is 1. The Morgan fingerprint density at radius 2 is 2.36 bits per heavy atom. The van der Waals surface area contributed by atoms with Crippen LogP contribution in [0.4, 0.5) is 0 Å². The van der Waals surface area contributed by atoms with Crippen molar-refractivity contribution in [3.63, 3.8) is 0 Å². The standard InChI is InChI=1S/C9H16N2O3/c1-2-6(8(10)12)11-9(13)7-4-3-5-14-7/h6-7H,2-5H2,1H3,(H2,10,12)(H,11,13)/t6-,7-/m1/s1. The highest BCUT2D eigenvalue weighted by Crippen LogP contribution is 2.12. The van der Waals surface area contributed by atoms with E-state index in [4.69, 9.17) is 10.5 Å². The minimum atomic E-state index is -0.577. The van der Waals surface area contributed by atoms with Gasteiger partial charge in [0.1, 0.15) is 12.1 Å². The second-order valence-corrected chi connectivity index (χ2v) is 3.37. The minimum Gasteiger partial charge on any atom is -0.368 e. The number of rotatable bonds is 4. The topological polar surface area (TPSA) is 81.4 Å². The molecule has 0 unspecified atom stereocenters. The predicted octanol–water partition coefficient (Wildman–Crippen LogP) is -0.454. The molecular formula is C9H16N2O3. The first-order valence-corrected chi connectivity index (χ1v) is 4.86. The van der Waals surface area contributed by atoms with Gasteiger partial charge in [0.25, 0.3) is 0 Å². The molecule has 0 saturated carbocycles. The van der Waals surface area contributed by atoms with Crippen molar-refractivity contribution < 1.29 is 14.3 Å². The van der Waals surface area contributed by atoms with E-state index < -0.39 is 18.1 Å². The fraction of sp³-hybridized carbons (Fsp3) is 0.778. The van der Waals surface area contributed by atoms with Gasteiger partial charge >= 0.3 is 0 Å². The summed E-state index contributed by atoms with van der Waals surface area (Å²) in [5, 5.41) is 2.57. The lowest BCUT2D eigenvalue weighted by Crippen LogP contribution is -2.47. The number of carbonyl (C=O) groups is 2. The third-order valence-electron chi connectivity index (χ3n) is 2.29. The lowest BCUT2D eigenvalue weighted by atomic mass is 10.2. The van der Waals surface area contributed by atoms with Gasteiger partial charge in [0.2, 0.25) is 11.8 Å². The van der Waals surface area contributed by atoms with E-state index in [9.17, 15) is 9.59 Å². The maximum absolute atomic E-state index is 11.5. The molecule has 2 amide bonds. The first kappa shape index (κ1) is 11.0. The van der Waals surface area contributed by atoms with Crippen LogP contribution in [-0.4, -0.2) is 30.6 Å². The van der Waals surface area contributed by atoms with Gasteiger partial charge in [-0.3, -0.25) is 9.59 Å². The van der Waals surface area contributed by atoms with E-state index in [1.165, 1.54) is 0 Å². The maximum Gasteiger partial charge on any atom is 0.249 e. The number of hydrogen-bond donors (Lipinski definition) is 2. The van der Waals surface area contributed by atoms with Gasteiger partial charge in [-0.05, 0) is 19.3 Å². The Bertz CT molecular complexity index is 224. The molecule has 1 aliphatic rings.